The van der Waals surface area contributed by atoms with Crippen molar-refractivity contribution < 1.29 is 14.3 Å². The van der Waals surface area contributed by atoms with E-state index in [1.807, 2.05) is 36.4 Å². The highest BCUT2D eigenvalue weighted by Crippen LogP contribution is 2.20. The van der Waals surface area contributed by atoms with E-state index in [-0.39, 0.29) is 11.7 Å². The van der Waals surface area contributed by atoms with Crippen LogP contribution in [0.2, 0.25) is 0 Å². The number of pyridine rings is 1. The predicted molar refractivity (Wildman–Crippen MR) is 103 cm³/mol. The van der Waals surface area contributed by atoms with Gasteiger partial charge in [-0.3, -0.25) is 4.79 Å². The van der Waals surface area contributed by atoms with Crippen molar-refractivity contribution in [3.05, 3.63) is 66.2 Å². The lowest BCUT2D eigenvalue weighted by molar-refractivity contribution is -0.113. The molecule has 1 amide bonds. The molecule has 1 aromatic heterocycles. The standard InChI is InChI=1S/C20H18N2O3S/c1-2-25-20(24)15-7-5-8-16(12-15)21-18(23)13-26-19-11-10-14-6-3-4-9-17(14)22-19/h3-12H,2,13H2,1H3,(H,21,23). The van der Waals surface area contributed by atoms with E-state index in [4.69, 9.17) is 4.74 Å². The Hall–Kier alpha value is -2.86. The van der Waals surface area contributed by atoms with Crippen molar-refractivity contribution in [2.45, 2.75) is 11.9 Å². The van der Waals surface area contributed by atoms with Gasteiger partial charge in [0.25, 0.3) is 0 Å². The Labute approximate surface area is 155 Å². The average molecular weight is 366 g/mol. The summed E-state index contributed by atoms with van der Waals surface area (Å²) in [7, 11) is 0. The number of nitrogens with zero attached hydrogens (tertiary/aromatic N) is 1. The molecule has 0 saturated heterocycles. The number of aromatic nitrogens is 1. The number of carbonyl (C=O) groups excluding carboxylic acids is 2. The van der Waals surface area contributed by atoms with E-state index in [0.717, 1.165) is 15.9 Å². The maximum absolute atomic E-state index is 12.2. The quantitative estimate of drug-likeness (QED) is 0.524. The van der Waals surface area contributed by atoms with Crippen LogP contribution in [0.1, 0.15) is 17.3 Å². The highest BCUT2D eigenvalue weighted by atomic mass is 32.2. The first kappa shape index (κ1) is 17.9. The third-order valence-corrected chi connectivity index (χ3v) is 4.51. The van der Waals surface area contributed by atoms with Gasteiger partial charge in [0.1, 0.15) is 0 Å². The molecule has 6 heteroatoms. The number of thioether (sulfide) groups is 1. The average Bonchev–Trinajstić information content (AvgIpc) is 2.66. The number of fused-ring (bicyclic) bond motifs is 1. The summed E-state index contributed by atoms with van der Waals surface area (Å²) in [4.78, 5) is 28.5. The summed E-state index contributed by atoms with van der Waals surface area (Å²) in [5.74, 6) is -0.334. The Kier molecular flexibility index (Phi) is 5.86. The molecule has 0 radical (unpaired) electrons. The van der Waals surface area contributed by atoms with Crippen molar-refractivity contribution in [2.75, 3.05) is 17.7 Å². The number of carbonyl (C=O) groups is 2. The number of anilines is 1. The molecule has 0 aliphatic carbocycles. The second-order valence-corrected chi connectivity index (χ2v) is 6.48. The van der Waals surface area contributed by atoms with Gasteiger partial charge in [-0.15, -0.1) is 0 Å². The molecule has 0 spiro atoms. The topological polar surface area (TPSA) is 68.3 Å². The molecule has 0 atom stereocenters. The number of esters is 1. The van der Waals surface area contributed by atoms with Crippen LogP contribution in [-0.2, 0) is 9.53 Å². The monoisotopic (exact) mass is 366 g/mol. The molecule has 3 rings (SSSR count). The number of ether oxygens (including phenoxy) is 1. The normalized spacial score (nSPS) is 10.5. The first-order chi connectivity index (χ1) is 12.7. The molecule has 26 heavy (non-hydrogen) atoms. The summed E-state index contributed by atoms with van der Waals surface area (Å²) in [5.41, 5.74) is 1.88. The van der Waals surface area contributed by atoms with E-state index in [1.54, 1.807) is 31.2 Å². The molecule has 1 N–H and O–H groups in total. The minimum Gasteiger partial charge on any atom is -0.462 e. The lowest BCUT2D eigenvalue weighted by Gasteiger charge is -2.07. The van der Waals surface area contributed by atoms with E-state index < -0.39 is 5.97 Å². The number of nitrogens with one attached hydrogen (secondary N) is 1. The van der Waals surface area contributed by atoms with E-state index in [2.05, 4.69) is 10.3 Å². The molecule has 0 bridgehead atoms. The first-order valence-corrected chi connectivity index (χ1v) is 9.20. The minimum atomic E-state index is -0.404. The zero-order valence-corrected chi connectivity index (χ0v) is 15.1. The summed E-state index contributed by atoms with van der Waals surface area (Å²) in [5, 5.41) is 4.65. The van der Waals surface area contributed by atoms with E-state index in [1.165, 1.54) is 11.8 Å². The van der Waals surface area contributed by atoms with Crippen LogP contribution in [0.5, 0.6) is 0 Å². The number of benzene rings is 2. The predicted octanol–water partition coefficient (Wildman–Crippen LogP) is 4.14. The van der Waals surface area contributed by atoms with Crippen molar-refractivity contribution in [1.29, 1.82) is 0 Å². The smallest absolute Gasteiger partial charge is 0.338 e. The fourth-order valence-corrected chi connectivity index (χ4v) is 3.08. The fourth-order valence-electron chi connectivity index (χ4n) is 2.40. The van der Waals surface area contributed by atoms with E-state index in [9.17, 15) is 9.59 Å². The highest BCUT2D eigenvalue weighted by Gasteiger charge is 2.09. The zero-order chi connectivity index (χ0) is 18.4. The van der Waals surface area contributed by atoms with Gasteiger partial charge in [-0.25, -0.2) is 9.78 Å². The van der Waals surface area contributed by atoms with Crippen molar-refractivity contribution in [2.24, 2.45) is 0 Å². The Morgan fingerprint density at radius 3 is 2.77 bits per heavy atom. The van der Waals surface area contributed by atoms with Crippen LogP contribution < -0.4 is 5.32 Å². The van der Waals surface area contributed by atoms with Crippen LogP contribution in [0, 0.1) is 0 Å². The van der Waals surface area contributed by atoms with Gasteiger partial charge in [0, 0.05) is 11.1 Å². The summed E-state index contributed by atoms with van der Waals surface area (Å²) < 4.78 is 4.96. The SMILES string of the molecule is CCOC(=O)c1cccc(NC(=O)CSc2ccc3ccccc3n2)c1. The third-order valence-electron chi connectivity index (χ3n) is 3.58. The number of para-hydroxylation sites is 1. The Bertz CT molecular complexity index is 943. The molecule has 1 heterocycles. The highest BCUT2D eigenvalue weighted by molar-refractivity contribution is 7.99. The molecular formula is C20H18N2O3S. The molecule has 0 fully saturated rings. The number of rotatable bonds is 6. The molecular weight excluding hydrogens is 348 g/mol. The second kappa shape index (κ2) is 8.49. The Balaban J connectivity index is 1.60. The number of hydrogen-bond donors (Lipinski definition) is 1. The van der Waals surface area contributed by atoms with Crippen LogP contribution in [0.15, 0.2) is 65.7 Å². The number of amides is 1. The summed E-state index contributed by atoms with van der Waals surface area (Å²) >= 11 is 1.37. The van der Waals surface area contributed by atoms with Crippen LogP contribution in [0.25, 0.3) is 10.9 Å². The minimum absolute atomic E-state index is 0.161. The van der Waals surface area contributed by atoms with Gasteiger partial charge in [0.15, 0.2) is 0 Å². The molecule has 5 nitrogen and oxygen atoms in total. The van der Waals surface area contributed by atoms with Gasteiger partial charge in [-0.05, 0) is 37.3 Å². The van der Waals surface area contributed by atoms with Gasteiger partial charge >= 0.3 is 5.97 Å². The van der Waals surface area contributed by atoms with Gasteiger partial charge in [-0.1, -0.05) is 42.1 Å². The van der Waals surface area contributed by atoms with Crippen molar-refractivity contribution in [3.8, 4) is 0 Å². The second-order valence-electron chi connectivity index (χ2n) is 5.48. The number of hydrogen-bond acceptors (Lipinski definition) is 5. The van der Waals surface area contributed by atoms with E-state index in [0.29, 0.717) is 17.9 Å². The van der Waals surface area contributed by atoms with Crippen LogP contribution in [-0.4, -0.2) is 29.2 Å². The maximum atomic E-state index is 12.2. The third kappa shape index (κ3) is 4.61. The molecule has 0 aliphatic rings. The Morgan fingerprint density at radius 2 is 1.92 bits per heavy atom. The molecule has 132 valence electrons. The summed E-state index contributed by atoms with van der Waals surface area (Å²) in [6.07, 6.45) is 0. The Morgan fingerprint density at radius 1 is 1.08 bits per heavy atom. The summed E-state index contributed by atoms with van der Waals surface area (Å²) in [6.45, 7) is 2.06. The lowest BCUT2D eigenvalue weighted by atomic mass is 10.2. The van der Waals surface area contributed by atoms with E-state index >= 15 is 0 Å². The first-order valence-electron chi connectivity index (χ1n) is 8.21. The van der Waals surface area contributed by atoms with Gasteiger partial charge in [0.2, 0.25) is 5.91 Å². The molecule has 3 aromatic rings. The molecule has 0 aliphatic heterocycles. The van der Waals surface area contributed by atoms with Crippen molar-refractivity contribution in [3.63, 3.8) is 0 Å². The zero-order valence-electron chi connectivity index (χ0n) is 14.3. The molecule has 2 aromatic carbocycles. The summed E-state index contributed by atoms with van der Waals surface area (Å²) in [6, 6.07) is 18.4. The van der Waals surface area contributed by atoms with Gasteiger partial charge in [0.05, 0.1) is 28.5 Å². The fraction of sp³-hybridized carbons (Fsp3) is 0.150. The van der Waals surface area contributed by atoms with Crippen LogP contribution in [0.3, 0.4) is 0 Å². The molecule has 0 unspecified atom stereocenters. The van der Waals surface area contributed by atoms with Gasteiger partial charge < -0.3 is 10.1 Å². The van der Waals surface area contributed by atoms with Crippen LogP contribution in [0.4, 0.5) is 5.69 Å². The maximum Gasteiger partial charge on any atom is 0.338 e. The van der Waals surface area contributed by atoms with Crippen LogP contribution >= 0.6 is 11.8 Å². The largest absolute Gasteiger partial charge is 0.462 e. The molecule has 0 saturated carbocycles. The van der Waals surface area contributed by atoms with Crippen molar-refractivity contribution in [1.82, 2.24) is 4.98 Å². The van der Waals surface area contributed by atoms with Crippen molar-refractivity contribution >= 4 is 40.2 Å². The van der Waals surface area contributed by atoms with Gasteiger partial charge in [-0.2, -0.15) is 0 Å². The lowest BCUT2D eigenvalue weighted by Crippen LogP contribution is -2.14.